The van der Waals surface area contributed by atoms with E-state index in [1.165, 1.54) is 31.7 Å². The molecule has 2 N–H and O–H groups in total. The first-order chi connectivity index (χ1) is 19.1. The Kier molecular flexibility index (Phi) is 7.83. The van der Waals surface area contributed by atoms with Crippen LogP contribution in [-0.2, 0) is 4.74 Å². The minimum atomic E-state index is -3.15. The molecule has 1 saturated carbocycles. The van der Waals surface area contributed by atoms with E-state index in [4.69, 9.17) is 9.47 Å². The Morgan fingerprint density at radius 2 is 1.98 bits per heavy atom. The number of halogens is 2. The highest BCUT2D eigenvalue weighted by atomic mass is 19.3. The highest BCUT2D eigenvalue weighted by molar-refractivity contribution is 5.88. The number of likely N-dealkylation sites (N-methyl/N-ethyl adjacent to an activating group) is 2. The van der Waals surface area contributed by atoms with Gasteiger partial charge in [0.15, 0.2) is 5.82 Å². The second kappa shape index (κ2) is 11.3. The third kappa shape index (κ3) is 5.98. The second-order valence-corrected chi connectivity index (χ2v) is 10.3. The van der Waals surface area contributed by atoms with Crippen LogP contribution in [0.5, 0.6) is 5.88 Å². The predicted molar refractivity (Wildman–Crippen MR) is 141 cm³/mol. The maximum Gasteiger partial charge on any atom is 0.413 e. The molecule has 40 heavy (non-hydrogen) atoms. The minimum absolute atomic E-state index is 0.0330. The number of aromatic nitrogens is 4. The van der Waals surface area contributed by atoms with Gasteiger partial charge in [-0.2, -0.15) is 4.98 Å². The van der Waals surface area contributed by atoms with E-state index >= 15 is 0 Å². The zero-order valence-corrected chi connectivity index (χ0v) is 22.6. The number of rotatable bonds is 7. The fourth-order valence-corrected chi connectivity index (χ4v) is 5.61. The summed E-state index contributed by atoms with van der Waals surface area (Å²) < 4.78 is 40.8. The predicted octanol–water partition coefficient (Wildman–Crippen LogP) is 2.68. The van der Waals surface area contributed by atoms with Gasteiger partial charge in [0.05, 0.1) is 19.0 Å². The molecule has 3 amide bonds. The normalized spacial score (nSPS) is 25.4. The molecule has 0 spiro atoms. The average molecular weight is 562 g/mol. The Bertz CT molecular complexity index is 1220. The van der Waals surface area contributed by atoms with Crippen LogP contribution in [0.15, 0.2) is 24.7 Å². The van der Waals surface area contributed by atoms with Crippen molar-refractivity contribution in [1.82, 2.24) is 29.7 Å². The van der Waals surface area contributed by atoms with E-state index < -0.39 is 30.5 Å². The number of likely N-dealkylation sites (tertiary alicyclic amines) is 1. The van der Waals surface area contributed by atoms with Crippen molar-refractivity contribution in [3.63, 3.8) is 0 Å². The molecule has 5 rings (SSSR count). The van der Waals surface area contributed by atoms with Gasteiger partial charge in [-0.05, 0) is 38.8 Å². The van der Waals surface area contributed by atoms with Crippen LogP contribution < -0.4 is 20.3 Å². The maximum atomic E-state index is 15.0. The number of anilines is 3. The van der Waals surface area contributed by atoms with Gasteiger partial charge in [0.1, 0.15) is 18.0 Å². The van der Waals surface area contributed by atoms with Gasteiger partial charge < -0.3 is 19.3 Å². The van der Waals surface area contributed by atoms with Gasteiger partial charge in [0, 0.05) is 45.3 Å². The van der Waals surface area contributed by atoms with Gasteiger partial charge in [-0.25, -0.2) is 33.3 Å². The van der Waals surface area contributed by atoms with Crippen LogP contribution in [0.25, 0.3) is 0 Å². The summed E-state index contributed by atoms with van der Waals surface area (Å²) in [6.07, 6.45) is 4.61. The van der Waals surface area contributed by atoms with Crippen molar-refractivity contribution in [1.29, 1.82) is 0 Å². The van der Waals surface area contributed by atoms with Crippen molar-refractivity contribution in [2.75, 3.05) is 55.9 Å². The van der Waals surface area contributed by atoms with Crippen LogP contribution in [0.1, 0.15) is 26.2 Å². The molecule has 3 aliphatic rings. The zero-order valence-electron chi connectivity index (χ0n) is 22.6. The third-order valence-corrected chi connectivity index (χ3v) is 7.64. The first-order valence-electron chi connectivity index (χ1n) is 13.2. The SMILES string of the molecule is CCOc1cnc(NC(=O)N(C)[C@H]2CN(c3nccc(NC(=O)O[C@H]4C[C@H]5C[C@@H]4N(C)C5)n3)CCC2(F)F)cn1. The molecule has 2 aromatic heterocycles. The lowest BCUT2D eigenvalue weighted by Crippen LogP contribution is -2.60. The third-order valence-electron chi connectivity index (χ3n) is 7.64. The molecule has 13 nitrogen and oxygen atoms in total. The lowest BCUT2D eigenvalue weighted by Gasteiger charge is -2.42. The van der Waals surface area contributed by atoms with Crippen molar-refractivity contribution in [2.45, 2.75) is 50.3 Å². The summed E-state index contributed by atoms with van der Waals surface area (Å²) in [6, 6.07) is -0.517. The monoisotopic (exact) mass is 561 g/mol. The molecular weight excluding hydrogens is 528 g/mol. The van der Waals surface area contributed by atoms with Crippen molar-refractivity contribution >= 4 is 29.7 Å². The number of amides is 3. The first-order valence-corrected chi connectivity index (χ1v) is 13.2. The quantitative estimate of drug-likeness (QED) is 0.519. The Balaban J connectivity index is 1.20. The number of fused-ring (bicyclic) bond motifs is 2. The molecule has 0 unspecified atom stereocenters. The van der Waals surface area contributed by atoms with Crippen LogP contribution in [0.3, 0.4) is 0 Å². The van der Waals surface area contributed by atoms with E-state index in [2.05, 4.69) is 35.5 Å². The molecule has 2 aliphatic heterocycles. The lowest BCUT2D eigenvalue weighted by molar-refractivity contribution is -0.0760. The average Bonchev–Trinajstić information content (AvgIpc) is 3.48. The summed E-state index contributed by atoms with van der Waals surface area (Å²) in [5, 5.41) is 5.11. The van der Waals surface area contributed by atoms with E-state index in [1.807, 2.05) is 7.05 Å². The van der Waals surface area contributed by atoms with Gasteiger partial charge in [-0.3, -0.25) is 15.5 Å². The van der Waals surface area contributed by atoms with E-state index in [0.29, 0.717) is 12.5 Å². The number of hydrogen-bond acceptors (Lipinski definition) is 10. The summed E-state index contributed by atoms with van der Waals surface area (Å²) in [4.78, 5) is 46.7. The van der Waals surface area contributed by atoms with Gasteiger partial charge in [0.25, 0.3) is 5.92 Å². The molecule has 2 bridgehead atoms. The number of carbonyl (C=O) groups is 2. The molecule has 216 valence electrons. The number of nitrogens with one attached hydrogen (secondary N) is 2. The molecule has 0 radical (unpaired) electrons. The molecule has 4 atom stereocenters. The summed E-state index contributed by atoms with van der Waals surface area (Å²) >= 11 is 0. The molecule has 15 heteroatoms. The minimum Gasteiger partial charge on any atom is -0.477 e. The van der Waals surface area contributed by atoms with Gasteiger partial charge in [-0.1, -0.05) is 0 Å². The topological polar surface area (TPSA) is 138 Å². The molecule has 0 aromatic carbocycles. The van der Waals surface area contributed by atoms with Crippen LogP contribution in [0.4, 0.5) is 36.0 Å². The maximum absolute atomic E-state index is 15.0. The standard InChI is InChI=1S/C25H33F2N9O4/c1-4-39-21-12-29-20(11-30-21)32-23(37)35(3)18-14-36(8-6-25(18,26)27)22-28-7-5-19(31-22)33-24(38)40-17-10-15-9-16(17)34(2)13-15/h5,7,11-12,15-18H,4,6,8-10,13-14H2,1-3H3,(H,29,32,37)(H,28,31,33,38)/t15-,16+,17+,18+/m1/s1. The molecule has 3 fully saturated rings. The number of urea groups is 1. The first kappa shape index (κ1) is 27.7. The molecular formula is C25H33F2N9O4. The van der Waals surface area contributed by atoms with Crippen LogP contribution in [0.2, 0.25) is 0 Å². The van der Waals surface area contributed by atoms with E-state index in [1.54, 1.807) is 11.8 Å². The Morgan fingerprint density at radius 1 is 1.15 bits per heavy atom. The van der Waals surface area contributed by atoms with Crippen molar-refractivity contribution in [2.24, 2.45) is 5.92 Å². The lowest BCUT2D eigenvalue weighted by atomic mass is 10.00. The largest absolute Gasteiger partial charge is 0.477 e. The van der Waals surface area contributed by atoms with E-state index in [9.17, 15) is 18.4 Å². The van der Waals surface area contributed by atoms with E-state index in [-0.39, 0.29) is 48.7 Å². The molecule has 2 aromatic rings. The summed E-state index contributed by atoms with van der Waals surface area (Å²) in [5.41, 5.74) is 0. The van der Waals surface area contributed by atoms with Crippen molar-refractivity contribution < 1.29 is 27.8 Å². The Hall–Kier alpha value is -3.88. The van der Waals surface area contributed by atoms with Crippen LogP contribution in [-0.4, -0.2) is 106 Å². The number of nitrogens with zero attached hydrogens (tertiary/aromatic N) is 7. The summed E-state index contributed by atoms with van der Waals surface area (Å²) in [7, 11) is 3.32. The zero-order chi connectivity index (χ0) is 28.4. The molecule has 1 aliphatic carbocycles. The van der Waals surface area contributed by atoms with Gasteiger partial charge >= 0.3 is 12.1 Å². The van der Waals surface area contributed by atoms with E-state index in [0.717, 1.165) is 24.3 Å². The van der Waals surface area contributed by atoms with Crippen LogP contribution in [0, 0.1) is 5.92 Å². The number of carbonyl (C=O) groups excluding carboxylic acids is 2. The second-order valence-electron chi connectivity index (χ2n) is 10.3. The number of hydrogen-bond donors (Lipinski definition) is 2. The molecule has 2 saturated heterocycles. The summed E-state index contributed by atoms with van der Waals surface area (Å²) in [6.45, 7) is 2.96. The summed E-state index contributed by atoms with van der Waals surface area (Å²) in [5.74, 6) is -1.88. The fraction of sp³-hybridized carbons (Fsp3) is 0.600. The Morgan fingerprint density at radius 3 is 2.67 bits per heavy atom. The Labute approximate surface area is 230 Å². The van der Waals surface area contributed by atoms with Crippen LogP contribution >= 0.6 is 0 Å². The number of piperidine rings is 2. The number of alkyl halides is 2. The number of ether oxygens (including phenoxy) is 2. The van der Waals surface area contributed by atoms with Gasteiger partial charge in [-0.15, -0.1) is 0 Å². The van der Waals surface area contributed by atoms with Crippen molar-refractivity contribution in [3.8, 4) is 5.88 Å². The van der Waals surface area contributed by atoms with Crippen molar-refractivity contribution in [3.05, 3.63) is 24.7 Å². The van der Waals surface area contributed by atoms with Gasteiger partial charge in [0.2, 0.25) is 11.8 Å². The highest BCUT2D eigenvalue weighted by Crippen LogP contribution is 2.38. The smallest absolute Gasteiger partial charge is 0.413 e. The highest BCUT2D eigenvalue weighted by Gasteiger charge is 2.48. The fourth-order valence-electron chi connectivity index (χ4n) is 5.61. The molecule has 4 heterocycles.